The first-order valence-corrected chi connectivity index (χ1v) is 14.1. The summed E-state index contributed by atoms with van der Waals surface area (Å²) in [6.07, 6.45) is 28.6. The maximum atomic E-state index is 2.12. The van der Waals surface area contributed by atoms with E-state index in [-0.39, 0.29) is 38.8 Å². The lowest BCUT2D eigenvalue weighted by Crippen LogP contribution is -2.21. The fraction of sp³-hybridized carbons (Fsp3) is 1.00. The Balaban J connectivity index is -0.000000286. The van der Waals surface area contributed by atoms with Crippen LogP contribution < -0.4 is 0 Å². The summed E-state index contributed by atoms with van der Waals surface area (Å²) in [4.78, 5) is 0. The topological polar surface area (TPSA) is 0 Å². The Labute approximate surface area is 225 Å². The van der Waals surface area contributed by atoms with Crippen molar-refractivity contribution < 1.29 is 0 Å². The Morgan fingerprint density at radius 1 is 0.375 bits per heavy atom. The van der Waals surface area contributed by atoms with Gasteiger partial charge in [0.15, 0.2) is 0 Å². The summed E-state index contributed by atoms with van der Waals surface area (Å²) >= 11 is 0. The van der Waals surface area contributed by atoms with Crippen molar-refractivity contribution in [1.82, 2.24) is 0 Å². The molecule has 3 rings (SSSR count). The number of halogens is 1. The monoisotopic (exact) mass is 568 g/mol. The number of rotatable bonds is 4. The zero-order chi connectivity index (χ0) is 21.7. The molecule has 0 saturated heterocycles. The normalized spacial score (nSPS) is 23.1. The van der Waals surface area contributed by atoms with E-state index in [1.54, 1.807) is 64.2 Å². The molecule has 32 heavy (non-hydrogen) atoms. The van der Waals surface area contributed by atoms with E-state index in [4.69, 9.17) is 0 Å². The minimum Gasteiger partial charge on any atom is -0.107 e. The SMILES string of the molecule is C.C.C1CCC(CC2CCC(CC3CCCCC3)CC2)CC1.CCC.CCC.CCC.I. The first-order valence-electron chi connectivity index (χ1n) is 14.1. The van der Waals surface area contributed by atoms with Gasteiger partial charge in [-0.2, -0.15) is 0 Å². The molecule has 0 amide bonds. The molecule has 0 N–H and O–H groups in total. The van der Waals surface area contributed by atoms with E-state index in [2.05, 4.69) is 41.5 Å². The summed E-state index contributed by atoms with van der Waals surface area (Å²) in [5.41, 5.74) is 0. The average molecular weight is 569 g/mol. The highest BCUT2D eigenvalue weighted by Gasteiger charge is 2.26. The molecule has 3 aliphatic rings. The molecule has 3 saturated carbocycles. The Kier molecular flexibility index (Phi) is 37.1. The van der Waals surface area contributed by atoms with Crippen LogP contribution in [-0.4, -0.2) is 0 Å². The van der Waals surface area contributed by atoms with Gasteiger partial charge in [0.1, 0.15) is 0 Å². The second-order valence-electron chi connectivity index (χ2n) is 10.5. The van der Waals surface area contributed by atoms with Crippen molar-refractivity contribution >= 4 is 24.0 Å². The van der Waals surface area contributed by atoms with Crippen LogP contribution in [0.1, 0.15) is 178 Å². The van der Waals surface area contributed by atoms with Crippen molar-refractivity contribution in [3.05, 3.63) is 0 Å². The van der Waals surface area contributed by atoms with Crippen molar-refractivity contribution in [2.45, 2.75) is 178 Å². The predicted octanol–water partition coefficient (Wildman–Crippen LogP) is 12.9. The molecule has 200 valence electrons. The van der Waals surface area contributed by atoms with Gasteiger partial charge in [-0.15, -0.1) is 24.0 Å². The van der Waals surface area contributed by atoms with Crippen molar-refractivity contribution in [3.8, 4) is 0 Å². The number of hydrogen-bond donors (Lipinski definition) is 0. The van der Waals surface area contributed by atoms with Crippen LogP contribution in [0.5, 0.6) is 0 Å². The smallest absolute Gasteiger partial charge is 0.0411 e. The van der Waals surface area contributed by atoms with Crippen LogP contribution in [0.4, 0.5) is 0 Å². The molecule has 0 aromatic heterocycles. The van der Waals surface area contributed by atoms with Crippen molar-refractivity contribution in [2.24, 2.45) is 23.7 Å². The molecule has 3 aliphatic carbocycles. The molecule has 0 unspecified atom stereocenters. The molecule has 1 heteroatoms. The lowest BCUT2D eigenvalue weighted by Gasteiger charge is -2.34. The summed E-state index contributed by atoms with van der Waals surface area (Å²) in [5.74, 6) is 4.45. The van der Waals surface area contributed by atoms with E-state index in [0.717, 1.165) is 23.7 Å². The summed E-state index contributed by atoms with van der Waals surface area (Å²) in [6, 6.07) is 0. The van der Waals surface area contributed by atoms with Gasteiger partial charge in [0.2, 0.25) is 0 Å². The van der Waals surface area contributed by atoms with Gasteiger partial charge in [-0.25, -0.2) is 0 Å². The molecule has 0 aromatic carbocycles. The second-order valence-corrected chi connectivity index (χ2v) is 10.5. The lowest BCUT2D eigenvalue weighted by molar-refractivity contribution is 0.182. The average Bonchev–Trinajstić information content (AvgIpc) is 2.73. The highest BCUT2D eigenvalue weighted by Crippen LogP contribution is 2.40. The number of hydrogen-bond acceptors (Lipinski definition) is 0. The van der Waals surface area contributed by atoms with E-state index >= 15 is 0 Å². The molecule has 0 spiro atoms. The van der Waals surface area contributed by atoms with Crippen LogP contribution in [0.2, 0.25) is 0 Å². The summed E-state index contributed by atoms with van der Waals surface area (Å²) in [6.45, 7) is 12.8. The lowest BCUT2D eigenvalue weighted by atomic mass is 9.72. The summed E-state index contributed by atoms with van der Waals surface area (Å²) < 4.78 is 0. The van der Waals surface area contributed by atoms with Crippen LogP contribution in [0, 0.1) is 23.7 Å². The van der Waals surface area contributed by atoms with Crippen molar-refractivity contribution in [2.75, 3.05) is 0 Å². The fourth-order valence-electron chi connectivity index (χ4n) is 5.49. The molecule has 0 aromatic rings. The molecule has 3 fully saturated rings. The maximum absolute atomic E-state index is 2.12. The van der Waals surface area contributed by atoms with E-state index in [9.17, 15) is 0 Å². The van der Waals surface area contributed by atoms with Gasteiger partial charge in [-0.1, -0.05) is 166 Å². The molecular weight excluding hydrogens is 499 g/mol. The zero-order valence-electron chi connectivity index (χ0n) is 22.2. The minimum atomic E-state index is 0. The highest BCUT2D eigenvalue weighted by molar-refractivity contribution is 14.0. The van der Waals surface area contributed by atoms with E-state index in [0.29, 0.717) is 0 Å². The molecule has 0 radical (unpaired) electrons. The maximum Gasteiger partial charge on any atom is -0.0411 e. The summed E-state index contributed by atoms with van der Waals surface area (Å²) in [5, 5.41) is 0. The van der Waals surface area contributed by atoms with E-state index < -0.39 is 0 Å². The zero-order valence-corrected chi connectivity index (χ0v) is 24.5. The van der Waals surface area contributed by atoms with Crippen LogP contribution in [0.3, 0.4) is 0 Å². The summed E-state index contributed by atoms with van der Waals surface area (Å²) in [7, 11) is 0. The third-order valence-corrected chi connectivity index (χ3v) is 6.75. The van der Waals surface area contributed by atoms with Gasteiger partial charge in [0.25, 0.3) is 0 Å². The van der Waals surface area contributed by atoms with Crippen molar-refractivity contribution in [3.63, 3.8) is 0 Å². The standard InChI is InChI=1S/C20H36.3C3H8.2CH4.HI/c1-3-7-17(8-4-1)15-19-11-13-20(14-12-19)16-18-9-5-2-6-10-18;3*1-3-2;;;/h17-20H,1-16H2;3*3H2,1-2H3;2*1H4;1H. The highest BCUT2D eigenvalue weighted by atomic mass is 127. The van der Waals surface area contributed by atoms with Gasteiger partial charge in [0, 0.05) is 0 Å². The third kappa shape index (κ3) is 22.5. The molecule has 0 aliphatic heterocycles. The largest absolute Gasteiger partial charge is 0.107 e. The molecular formula is C31H69I. The first kappa shape index (κ1) is 39.9. The molecule has 0 atom stereocenters. The first-order chi connectivity index (χ1) is 14.1. The second kappa shape index (κ2) is 29.8. The predicted molar refractivity (Wildman–Crippen MR) is 165 cm³/mol. The van der Waals surface area contributed by atoms with Crippen LogP contribution in [0.15, 0.2) is 0 Å². The van der Waals surface area contributed by atoms with Gasteiger partial charge in [-0.3, -0.25) is 0 Å². The Morgan fingerprint density at radius 3 is 0.781 bits per heavy atom. The van der Waals surface area contributed by atoms with Gasteiger partial charge in [-0.05, 0) is 36.5 Å². The van der Waals surface area contributed by atoms with Gasteiger partial charge in [0.05, 0.1) is 0 Å². The van der Waals surface area contributed by atoms with Crippen LogP contribution in [0.25, 0.3) is 0 Å². The van der Waals surface area contributed by atoms with Gasteiger partial charge < -0.3 is 0 Å². The van der Waals surface area contributed by atoms with E-state index in [1.807, 2.05) is 0 Å². The Bertz CT molecular complexity index is 261. The minimum absolute atomic E-state index is 0. The quantitative estimate of drug-likeness (QED) is 0.296. The third-order valence-electron chi connectivity index (χ3n) is 6.75. The van der Waals surface area contributed by atoms with Crippen LogP contribution >= 0.6 is 24.0 Å². The molecule has 0 nitrogen and oxygen atoms in total. The van der Waals surface area contributed by atoms with Crippen molar-refractivity contribution in [1.29, 1.82) is 0 Å². The molecule has 0 heterocycles. The van der Waals surface area contributed by atoms with E-state index in [1.165, 1.54) is 57.8 Å². The molecule has 0 bridgehead atoms. The van der Waals surface area contributed by atoms with Crippen LogP contribution in [-0.2, 0) is 0 Å². The fourth-order valence-corrected chi connectivity index (χ4v) is 5.49. The Hall–Kier alpha value is 0.730. The Morgan fingerprint density at radius 2 is 0.562 bits per heavy atom. The van der Waals surface area contributed by atoms with Gasteiger partial charge >= 0.3 is 0 Å².